The van der Waals surface area contributed by atoms with Gasteiger partial charge in [0.1, 0.15) is 0 Å². The molecule has 1 N–H and O–H groups in total. The number of hydrogen-bond donors (Lipinski definition) is 1. The number of carbonyl (C=O) groups excluding carboxylic acids is 1. The van der Waals surface area contributed by atoms with Crippen LogP contribution in [0.5, 0.6) is 0 Å². The first-order chi connectivity index (χ1) is 9.15. The van der Waals surface area contributed by atoms with Gasteiger partial charge in [-0.1, -0.05) is 17.7 Å². The predicted octanol–water partition coefficient (Wildman–Crippen LogP) is 2.61. The molecule has 2 fully saturated rings. The van der Waals surface area contributed by atoms with E-state index in [1.807, 2.05) is 25.1 Å². The summed E-state index contributed by atoms with van der Waals surface area (Å²) >= 11 is 6.06. The lowest BCUT2D eigenvalue weighted by Gasteiger charge is -2.16. The first-order valence-corrected chi connectivity index (χ1v) is 7.33. The summed E-state index contributed by atoms with van der Waals surface area (Å²) in [6.45, 7) is 4.00. The average molecular weight is 279 g/mol. The number of halogens is 1. The van der Waals surface area contributed by atoms with Crippen molar-refractivity contribution in [1.29, 1.82) is 0 Å². The van der Waals surface area contributed by atoms with Crippen molar-refractivity contribution in [2.75, 3.05) is 13.1 Å². The van der Waals surface area contributed by atoms with Gasteiger partial charge < -0.3 is 5.32 Å². The van der Waals surface area contributed by atoms with Crippen molar-refractivity contribution in [3.63, 3.8) is 0 Å². The molecule has 0 aromatic heterocycles. The number of rotatable bonds is 3. The largest absolute Gasteiger partial charge is 0.348 e. The minimum Gasteiger partial charge on any atom is -0.348 e. The molecule has 1 aromatic carbocycles. The summed E-state index contributed by atoms with van der Waals surface area (Å²) in [6.07, 6.45) is 3.71. The molecule has 0 bridgehead atoms. The molecule has 102 valence electrons. The summed E-state index contributed by atoms with van der Waals surface area (Å²) in [4.78, 5) is 14.8. The fourth-order valence-corrected chi connectivity index (χ4v) is 2.97. The van der Waals surface area contributed by atoms with Crippen LogP contribution in [0.4, 0.5) is 0 Å². The number of amides is 1. The minimum absolute atomic E-state index is 0.00245. The Morgan fingerprint density at radius 1 is 1.37 bits per heavy atom. The smallest absolute Gasteiger partial charge is 0.251 e. The van der Waals surface area contributed by atoms with Gasteiger partial charge in [-0.15, -0.1) is 0 Å². The number of nitrogens with zero attached hydrogens (tertiary/aromatic N) is 1. The highest BCUT2D eigenvalue weighted by Crippen LogP contribution is 2.30. The second-order valence-electron chi connectivity index (χ2n) is 5.60. The van der Waals surface area contributed by atoms with Crippen molar-refractivity contribution >= 4 is 17.5 Å². The summed E-state index contributed by atoms with van der Waals surface area (Å²) in [5.41, 5.74) is 1.55. The molecule has 1 saturated heterocycles. The Morgan fingerprint density at radius 2 is 2.16 bits per heavy atom. The van der Waals surface area contributed by atoms with E-state index in [-0.39, 0.29) is 11.9 Å². The van der Waals surface area contributed by atoms with Crippen molar-refractivity contribution in [3.05, 3.63) is 34.3 Å². The number of likely N-dealkylation sites (tertiary alicyclic amines) is 1. The zero-order valence-electron chi connectivity index (χ0n) is 11.2. The summed E-state index contributed by atoms with van der Waals surface area (Å²) in [5, 5.41) is 3.79. The van der Waals surface area contributed by atoms with E-state index in [2.05, 4.69) is 10.2 Å². The first-order valence-electron chi connectivity index (χ1n) is 6.95. The van der Waals surface area contributed by atoms with E-state index in [9.17, 15) is 4.79 Å². The van der Waals surface area contributed by atoms with Crippen molar-refractivity contribution in [2.45, 2.75) is 38.3 Å². The Bertz CT molecular complexity index is 499. The Morgan fingerprint density at radius 3 is 2.89 bits per heavy atom. The fraction of sp³-hybridized carbons (Fsp3) is 0.533. The van der Waals surface area contributed by atoms with Crippen LogP contribution in [0.3, 0.4) is 0 Å². The number of hydrogen-bond acceptors (Lipinski definition) is 2. The fourth-order valence-electron chi connectivity index (χ4n) is 2.79. The second-order valence-corrected chi connectivity index (χ2v) is 6.00. The molecule has 3 rings (SSSR count). The van der Waals surface area contributed by atoms with Gasteiger partial charge in [-0.3, -0.25) is 9.69 Å². The molecule has 0 spiro atoms. The van der Waals surface area contributed by atoms with Crippen LogP contribution in [-0.2, 0) is 0 Å². The maximum Gasteiger partial charge on any atom is 0.251 e. The van der Waals surface area contributed by atoms with Crippen LogP contribution in [0.1, 0.15) is 35.2 Å². The van der Waals surface area contributed by atoms with Crippen molar-refractivity contribution in [2.24, 2.45) is 0 Å². The lowest BCUT2D eigenvalue weighted by atomic mass is 10.1. The van der Waals surface area contributed by atoms with Crippen LogP contribution in [0.15, 0.2) is 18.2 Å². The van der Waals surface area contributed by atoms with E-state index < -0.39 is 0 Å². The average Bonchev–Trinajstić information content (AvgIpc) is 3.14. The van der Waals surface area contributed by atoms with Gasteiger partial charge in [0.2, 0.25) is 0 Å². The van der Waals surface area contributed by atoms with Gasteiger partial charge in [-0.25, -0.2) is 0 Å². The van der Waals surface area contributed by atoms with Gasteiger partial charge in [-0.05, 0) is 43.9 Å². The van der Waals surface area contributed by atoms with Crippen LogP contribution in [0.2, 0.25) is 5.02 Å². The second kappa shape index (κ2) is 5.14. The SMILES string of the molecule is Cc1c(Cl)cccc1C(=O)NC1CCN(C2CC2)C1. The van der Waals surface area contributed by atoms with E-state index in [0.717, 1.165) is 31.1 Å². The quantitative estimate of drug-likeness (QED) is 0.922. The Labute approximate surface area is 118 Å². The molecule has 1 atom stereocenters. The number of benzene rings is 1. The van der Waals surface area contributed by atoms with Crippen molar-refractivity contribution in [1.82, 2.24) is 10.2 Å². The van der Waals surface area contributed by atoms with Crippen molar-refractivity contribution < 1.29 is 4.79 Å². The predicted molar refractivity (Wildman–Crippen MR) is 76.7 cm³/mol. The molecule has 1 unspecified atom stereocenters. The third-order valence-corrected chi connectivity index (χ3v) is 4.54. The summed E-state index contributed by atoms with van der Waals surface area (Å²) in [7, 11) is 0. The topological polar surface area (TPSA) is 32.3 Å². The normalized spacial score (nSPS) is 23.6. The van der Waals surface area contributed by atoms with Gasteiger partial charge >= 0.3 is 0 Å². The van der Waals surface area contributed by atoms with E-state index >= 15 is 0 Å². The van der Waals surface area contributed by atoms with Gasteiger partial charge in [-0.2, -0.15) is 0 Å². The standard InChI is InChI=1S/C15H19ClN2O/c1-10-13(3-2-4-14(10)16)15(19)17-11-7-8-18(9-11)12-5-6-12/h2-4,11-12H,5-9H2,1H3,(H,17,19). The Hall–Kier alpha value is -1.06. The molecule has 1 aliphatic heterocycles. The highest BCUT2D eigenvalue weighted by atomic mass is 35.5. The lowest BCUT2D eigenvalue weighted by Crippen LogP contribution is -2.37. The van der Waals surface area contributed by atoms with Crippen LogP contribution in [0.25, 0.3) is 0 Å². The maximum atomic E-state index is 12.3. The summed E-state index contributed by atoms with van der Waals surface area (Å²) < 4.78 is 0. The maximum absolute atomic E-state index is 12.3. The van der Waals surface area contributed by atoms with E-state index in [1.54, 1.807) is 0 Å². The zero-order valence-corrected chi connectivity index (χ0v) is 11.9. The molecule has 19 heavy (non-hydrogen) atoms. The Balaban J connectivity index is 1.63. The highest BCUT2D eigenvalue weighted by molar-refractivity contribution is 6.31. The Kier molecular flexibility index (Phi) is 3.50. The molecule has 3 nitrogen and oxygen atoms in total. The van der Waals surface area contributed by atoms with E-state index in [1.165, 1.54) is 12.8 Å². The third kappa shape index (κ3) is 2.77. The number of nitrogens with one attached hydrogen (secondary N) is 1. The van der Waals surface area contributed by atoms with Gasteiger partial charge in [0.05, 0.1) is 0 Å². The molecule has 1 aliphatic carbocycles. The molecule has 1 amide bonds. The molecule has 4 heteroatoms. The summed E-state index contributed by atoms with van der Waals surface area (Å²) in [5.74, 6) is 0.00245. The number of carbonyl (C=O) groups is 1. The zero-order chi connectivity index (χ0) is 13.4. The van der Waals surface area contributed by atoms with Crippen LogP contribution >= 0.6 is 11.6 Å². The van der Waals surface area contributed by atoms with Crippen LogP contribution < -0.4 is 5.32 Å². The van der Waals surface area contributed by atoms with Gasteiger partial charge in [0.25, 0.3) is 5.91 Å². The van der Waals surface area contributed by atoms with Gasteiger partial charge in [0, 0.05) is 35.8 Å². The summed E-state index contributed by atoms with van der Waals surface area (Å²) in [6, 6.07) is 6.55. The molecule has 0 radical (unpaired) electrons. The molecule has 1 aromatic rings. The highest BCUT2D eigenvalue weighted by Gasteiger charge is 2.34. The monoisotopic (exact) mass is 278 g/mol. The molecular weight excluding hydrogens is 260 g/mol. The van der Waals surface area contributed by atoms with Crippen LogP contribution in [0, 0.1) is 6.92 Å². The first kappa shape index (κ1) is 12.9. The molecule has 2 aliphatic rings. The minimum atomic E-state index is 0.00245. The molecular formula is C15H19ClN2O. The molecule has 1 heterocycles. The van der Waals surface area contributed by atoms with Crippen molar-refractivity contribution in [3.8, 4) is 0 Å². The van der Waals surface area contributed by atoms with Gasteiger partial charge in [0.15, 0.2) is 0 Å². The van der Waals surface area contributed by atoms with E-state index in [4.69, 9.17) is 11.6 Å². The molecule has 1 saturated carbocycles. The third-order valence-electron chi connectivity index (χ3n) is 4.13. The van der Waals surface area contributed by atoms with Crippen LogP contribution in [-0.4, -0.2) is 36.0 Å². The lowest BCUT2D eigenvalue weighted by molar-refractivity contribution is 0.0937. The van der Waals surface area contributed by atoms with E-state index in [0.29, 0.717) is 10.6 Å².